The number of benzene rings is 2. The van der Waals surface area contributed by atoms with Crippen LogP contribution in [0.1, 0.15) is 5.56 Å². The Hall–Kier alpha value is -1.48. The van der Waals surface area contributed by atoms with Gasteiger partial charge >= 0.3 is 37.9 Å². The number of aromatic nitrogens is 1. The Labute approximate surface area is 159 Å². The fourth-order valence-electron chi connectivity index (χ4n) is 2.08. The molecule has 1 N–H and O–H groups in total. The summed E-state index contributed by atoms with van der Waals surface area (Å²) in [6.07, 6.45) is 5.11. The number of phenolic OH excluding ortho intramolecular Hbond substituents is 1. The van der Waals surface area contributed by atoms with E-state index in [1.54, 1.807) is 18.6 Å². The fourth-order valence-corrected chi connectivity index (χ4v) is 2.08. The minimum atomic E-state index is -0.826. The van der Waals surface area contributed by atoms with Gasteiger partial charge in [0.15, 0.2) is 0 Å². The van der Waals surface area contributed by atoms with Gasteiger partial charge in [-0.2, -0.15) is 0 Å². The third-order valence-electron chi connectivity index (χ3n) is 3.15. The molecule has 0 aliphatic heterocycles. The molecule has 0 saturated heterocycles. The molecule has 2 aromatic carbocycles. The van der Waals surface area contributed by atoms with E-state index in [0.717, 1.165) is 16.8 Å². The van der Waals surface area contributed by atoms with Crippen LogP contribution in [0.4, 0.5) is 5.69 Å². The summed E-state index contributed by atoms with van der Waals surface area (Å²) in [4.78, 5) is 8.45. The third-order valence-corrected chi connectivity index (χ3v) is 3.15. The molecule has 0 radical (unpaired) electrons. The normalized spacial score (nSPS) is 10.1. The van der Waals surface area contributed by atoms with Crippen molar-refractivity contribution in [3.8, 4) is 16.9 Å². The molecule has 1 heterocycles. The van der Waals surface area contributed by atoms with E-state index in [9.17, 15) is 5.11 Å². The van der Waals surface area contributed by atoms with Gasteiger partial charge in [0.25, 0.3) is 0 Å². The fraction of sp³-hybridized carbons (Fsp3) is 0. The second-order valence-electron chi connectivity index (χ2n) is 4.65. The van der Waals surface area contributed by atoms with Crippen molar-refractivity contribution in [3.05, 3.63) is 78.6 Å². The molecule has 3 aromatic rings. The molecule has 0 bridgehead atoms. The average Bonchev–Trinajstić information content (AvgIpc) is 2.63. The van der Waals surface area contributed by atoms with E-state index in [0.29, 0.717) is 5.56 Å². The molecule has 0 saturated carbocycles. The summed E-state index contributed by atoms with van der Waals surface area (Å²) < 4.78 is 0. The van der Waals surface area contributed by atoms with Crippen molar-refractivity contribution in [2.24, 2.45) is 4.99 Å². The van der Waals surface area contributed by atoms with Crippen LogP contribution in [0.15, 0.2) is 78.0 Å². The van der Waals surface area contributed by atoms with E-state index in [1.165, 1.54) is 0 Å². The quantitative estimate of drug-likeness (QED) is 0.545. The summed E-state index contributed by atoms with van der Waals surface area (Å²) in [5, 5.41) is 10.4. The van der Waals surface area contributed by atoms with Crippen LogP contribution in [-0.2, 0) is 20.8 Å². The molecule has 3 nitrogen and oxygen atoms in total. The Kier molecular flexibility index (Phi) is 8.17. The van der Waals surface area contributed by atoms with Gasteiger partial charge in [-0.3, -0.25) is 9.98 Å². The molecule has 6 heteroatoms. The van der Waals surface area contributed by atoms with Crippen molar-refractivity contribution in [1.82, 2.24) is 4.98 Å². The zero-order valence-electron chi connectivity index (χ0n) is 12.6. The monoisotopic (exact) mass is 434 g/mol. The van der Waals surface area contributed by atoms with Gasteiger partial charge in [-0.05, 0) is 24.3 Å². The number of pyridine rings is 1. The SMILES string of the molecule is Oc1c(C=Nc2ccccc2)cccc1-c1cccnc1.[Cl][Zr][Cl]. The third kappa shape index (κ3) is 5.56. The zero-order chi connectivity index (χ0) is 17.2. The predicted molar refractivity (Wildman–Crippen MR) is 96.7 cm³/mol. The first-order valence-corrected chi connectivity index (χ1v) is 13.4. The molecule has 24 heavy (non-hydrogen) atoms. The molecule has 0 atom stereocenters. The predicted octanol–water partition coefficient (Wildman–Crippen LogP) is 5.58. The number of hydrogen-bond acceptors (Lipinski definition) is 3. The van der Waals surface area contributed by atoms with Gasteiger partial charge in [-0.1, -0.05) is 36.4 Å². The standard InChI is InChI=1S/C18H14N2O.2ClH.Zr/c21-18-15(13-20-16-8-2-1-3-9-16)6-4-10-17(18)14-7-5-11-19-12-14;;;/h1-13,21H;2*1H;/q;;;+2/p-2. The van der Waals surface area contributed by atoms with Crippen LogP contribution in [0, 0.1) is 0 Å². The van der Waals surface area contributed by atoms with Crippen LogP contribution < -0.4 is 0 Å². The van der Waals surface area contributed by atoms with Crippen LogP contribution in [0.2, 0.25) is 0 Å². The molecule has 0 fully saturated rings. The van der Waals surface area contributed by atoms with Gasteiger partial charge in [0.1, 0.15) is 5.75 Å². The van der Waals surface area contributed by atoms with Crippen molar-refractivity contribution in [3.63, 3.8) is 0 Å². The molecule has 0 amide bonds. The van der Waals surface area contributed by atoms with Crippen LogP contribution in [0.5, 0.6) is 5.75 Å². The summed E-state index contributed by atoms with van der Waals surface area (Å²) in [6.45, 7) is 0. The number of para-hydroxylation sites is 2. The Bertz CT molecular complexity index is 784. The summed E-state index contributed by atoms with van der Waals surface area (Å²) in [7, 11) is 9.87. The Morgan fingerprint density at radius 3 is 2.38 bits per heavy atom. The second kappa shape index (κ2) is 10.4. The van der Waals surface area contributed by atoms with Crippen molar-refractivity contribution in [2.75, 3.05) is 0 Å². The summed E-state index contributed by atoms with van der Waals surface area (Å²) in [5.41, 5.74) is 3.16. The van der Waals surface area contributed by atoms with Gasteiger partial charge in [0.2, 0.25) is 0 Å². The summed E-state index contributed by atoms with van der Waals surface area (Å²) >= 11 is -0.826. The van der Waals surface area contributed by atoms with Crippen molar-refractivity contribution >= 4 is 28.9 Å². The molecule has 120 valence electrons. The van der Waals surface area contributed by atoms with E-state index >= 15 is 0 Å². The first kappa shape index (κ1) is 18.9. The molecular weight excluding hydrogens is 422 g/mol. The van der Waals surface area contributed by atoms with E-state index in [4.69, 9.17) is 17.0 Å². The first-order valence-electron chi connectivity index (χ1n) is 7.04. The van der Waals surface area contributed by atoms with Crippen molar-refractivity contribution in [2.45, 2.75) is 0 Å². The second-order valence-corrected chi connectivity index (χ2v) is 8.38. The average molecular weight is 436 g/mol. The van der Waals surface area contributed by atoms with Crippen molar-refractivity contribution < 1.29 is 26.0 Å². The zero-order valence-corrected chi connectivity index (χ0v) is 16.6. The minimum absolute atomic E-state index is 0.213. The van der Waals surface area contributed by atoms with E-state index in [1.807, 2.05) is 60.7 Å². The molecule has 0 aliphatic carbocycles. The first-order chi connectivity index (χ1) is 11.8. The van der Waals surface area contributed by atoms with Gasteiger partial charge in [-0.25, -0.2) is 0 Å². The van der Waals surface area contributed by atoms with Gasteiger partial charge < -0.3 is 5.11 Å². The number of rotatable bonds is 3. The Balaban J connectivity index is 0.000000647. The summed E-state index contributed by atoms with van der Waals surface area (Å²) in [6, 6.07) is 19.0. The molecule has 1 aromatic heterocycles. The van der Waals surface area contributed by atoms with E-state index < -0.39 is 20.8 Å². The topological polar surface area (TPSA) is 45.5 Å². The van der Waals surface area contributed by atoms with Crippen LogP contribution in [-0.4, -0.2) is 16.3 Å². The maximum absolute atomic E-state index is 10.4. The Morgan fingerprint density at radius 2 is 1.71 bits per heavy atom. The van der Waals surface area contributed by atoms with Crippen LogP contribution >= 0.6 is 17.0 Å². The number of hydrogen-bond donors (Lipinski definition) is 1. The summed E-state index contributed by atoms with van der Waals surface area (Å²) in [5.74, 6) is 0.213. The maximum atomic E-state index is 10.4. The number of nitrogens with zero attached hydrogens (tertiary/aromatic N) is 2. The van der Waals surface area contributed by atoms with Crippen LogP contribution in [0.3, 0.4) is 0 Å². The van der Waals surface area contributed by atoms with Gasteiger partial charge in [0, 0.05) is 35.3 Å². The number of aromatic hydroxyl groups is 1. The number of aliphatic imine (C=N–C) groups is 1. The number of halogens is 2. The molecular formula is C18H14Cl2N2OZr. The molecule has 0 aliphatic rings. The molecule has 0 unspecified atom stereocenters. The number of phenols is 1. The van der Waals surface area contributed by atoms with Crippen molar-refractivity contribution in [1.29, 1.82) is 0 Å². The van der Waals surface area contributed by atoms with Gasteiger partial charge in [-0.15, -0.1) is 0 Å². The van der Waals surface area contributed by atoms with E-state index in [-0.39, 0.29) is 5.75 Å². The molecule has 0 spiro atoms. The van der Waals surface area contributed by atoms with Gasteiger partial charge in [0.05, 0.1) is 5.69 Å². The van der Waals surface area contributed by atoms with Crippen LogP contribution in [0.25, 0.3) is 11.1 Å². The van der Waals surface area contributed by atoms with E-state index in [2.05, 4.69) is 9.98 Å². The molecule has 3 rings (SSSR count). The Morgan fingerprint density at radius 1 is 0.958 bits per heavy atom.